The van der Waals surface area contributed by atoms with E-state index in [0.29, 0.717) is 0 Å². The van der Waals surface area contributed by atoms with Crippen molar-refractivity contribution >= 4 is 5.91 Å². The van der Waals surface area contributed by atoms with Crippen molar-refractivity contribution < 1.29 is 4.79 Å². The van der Waals surface area contributed by atoms with E-state index in [-0.39, 0.29) is 11.9 Å². The van der Waals surface area contributed by atoms with Crippen LogP contribution >= 0.6 is 0 Å². The van der Waals surface area contributed by atoms with Crippen LogP contribution < -0.4 is 5.32 Å². The molecule has 1 N–H and O–H groups in total. The zero-order valence-electron chi connectivity index (χ0n) is 18.4. The minimum Gasteiger partial charge on any atom is -0.353 e. The van der Waals surface area contributed by atoms with Crippen LogP contribution in [0.2, 0.25) is 0 Å². The summed E-state index contributed by atoms with van der Waals surface area (Å²) in [6, 6.07) is 23.1. The standard InChI is InChI=1S/C27H31N3O/c1-21(2)29-26(31)27(14-16-30(20-27)19-22-9-4-3-5-10-22)17-23-11-6-7-13-25(23)24-12-8-15-28-18-24/h3-13,15,18,21H,14,16-17,19-20H2,1-2H3,(H,29,31). The first-order valence-corrected chi connectivity index (χ1v) is 11.1. The van der Waals surface area contributed by atoms with Crippen LogP contribution in [0.1, 0.15) is 31.4 Å². The van der Waals surface area contributed by atoms with Gasteiger partial charge in [-0.1, -0.05) is 60.7 Å². The number of hydrogen-bond acceptors (Lipinski definition) is 3. The monoisotopic (exact) mass is 413 g/mol. The molecule has 1 aliphatic heterocycles. The molecule has 2 aromatic carbocycles. The molecule has 31 heavy (non-hydrogen) atoms. The van der Waals surface area contributed by atoms with Gasteiger partial charge >= 0.3 is 0 Å². The fourth-order valence-electron chi connectivity index (χ4n) is 4.60. The van der Waals surface area contributed by atoms with E-state index in [0.717, 1.165) is 43.6 Å². The predicted octanol–water partition coefficient (Wildman–Crippen LogP) is 4.71. The van der Waals surface area contributed by atoms with Gasteiger partial charge in [-0.2, -0.15) is 0 Å². The third-order valence-electron chi connectivity index (χ3n) is 6.10. The molecular weight excluding hydrogens is 382 g/mol. The van der Waals surface area contributed by atoms with E-state index in [1.807, 2.05) is 32.2 Å². The van der Waals surface area contributed by atoms with Crippen molar-refractivity contribution in [1.29, 1.82) is 0 Å². The van der Waals surface area contributed by atoms with Gasteiger partial charge in [-0.3, -0.25) is 14.7 Å². The predicted molar refractivity (Wildman–Crippen MR) is 125 cm³/mol. The Bertz CT molecular complexity index is 1000. The molecule has 1 fully saturated rings. The first-order chi connectivity index (χ1) is 15.1. The van der Waals surface area contributed by atoms with Crippen LogP contribution in [0.5, 0.6) is 0 Å². The highest BCUT2D eigenvalue weighted by molar-refractivity contribution is 5.84. The van der Waals surface area contributed by atoms with Crippen LogP contribution in [0, 0.1) is 5.41 Å². The Balaban J connectivity index is 1.62. The Kier molecular flexibility index (Phi) is 6.47. The van der Waals surface area contributed by atoms with Crippen molar-refractivity contribution in [2.45, 2.75) is 39.3 Å². The van der Waals surface area contributed by atoms with Crippen molar-refractivity contribution in [2.24, 2.45) is 5.41 Å². The van der Waals surface area contributed by atoms with Gasteiger partial charge in [-0.15, -0.1) is 0 Å². The number of amides is 1. The van der Waals surface area contributed by atoms with Crippen LogP contribution in [0.3, 0.4) is 0 Å². The third-order valence-corrected chi connectivity index (χ3v) is 6.10. The number of pyridine rings is 1. The molecule has 1 atom stereocenters. The van der Waals surface area contributed by atoms with Gasteiger partial charge in [-0.05, 0) is 56.0 Å². The van der Waals surface area contributed by atoms with Crippen LogP contribution in [0.4, 0.5) is 0 Å². The second kappa shape index (κ2) is 9.44. The molecule has 1 unspecified atom stereocenters. The Morgan fingerprint density at radius 1 is 1.06 bits per heavy atom. The molecule has 160 valence electrons. The smallest absolute Gasteiger partial charge is 0.228 e. The molecule has 1 aromatic heterocycles. The summed E-state index contributed by atoms with van der Waals surface area (Å²) < 4.78 is 0. The van der Waals surface area contributed by atoms with Crippen LogP contribution in [0.25, 0.3) is 11.1 Å². The Morgan fingerprint density at radius 2 is 1.84 bits per heavy atom. The summed E-state index contributed by atoms with van der Waals surface area (Å²) in [6.45, 7) is 6.64. The Hall–Kier alpha value is -2.98. The van der Waals surface area contributed by atoms with E-state index in [1.54, 1.807) is 6.20 Å². The number of rotatable bonds is 7. The molecule has 4 rings (SSSR count). The lowest BCUT2D eigenvalue weighted by Gasteiger charge is -2.30. The number of benzene rings is 2. The second-order valence-corrected chi connectivity index (χ2v) is 8.93. The topological polar surface area (TPSA) is 45.2 Å². The fraction of sp³-hybridized carbons (Fsp3) is 0.333. The lowest BCUT2D eigenvalue weighted by Crippen LogP contribution is -2.46. The van der Waals surface area contributed by atoms with Gasteiger partial charge in [-0.25, -0.2) is 0 Å². The molecule has 0 aliphatic carbocycles. The molecule has 1 saturated heterocycles. The van der Waals surface area contributed by atoms with Crippen molar-refractivity contribution in [2.75, 3.05) is 13.1 Å². The van der Waals surface area contributed by atoms with E-state index in [9.17, 15) is 4.79 Å². The van der Waals surface area contributed by atoms with Crippen LogP contribution in [-0.4, -0.2) is 34.9 Å². The van der Waals surface area contributed by atoms with Gasteiger partial charge in [0.1, 0.15) is 0 Å². The van der Waals surface area contributed by atoms with Crippen molar-refractivity contribution in [3.05, 3.63) is 90.3 Å². The van der Waals surface area contributed by atoms with Gasteiger partial charge in [0, 0.05) is 37.1 Å². The Labute approximate surface area is 185 Å². The first-order valence-electron chi connectivity index (χ1n) is 11.1. The molecule has 1 aliphatic rings. The average Bonchev–Trinajstić information content (AvgIpc) is 3.19. The fourth-order valence-corrected chi connectivity index (χ4v) is 4.60. The number of nitrogens with zero attached hydrogens (tertiary/aromatic N) is 2. The van der Waals surface area contributed by atoms with Gasteiger partial charge in [0.05, 0.1) is 5.41 Å². The van der Waals surface area contributed by atoms with E-state index in [1.165, 1.54) is 11.1 Å². The molecule has 2 heterocycles. The summed E-state index contributed by atoms with van der Waals surface area (Å²) in [7, 11) is 0. The number of likely N-dealkylation sites (tertiary alicyclic amines) is 1. The summed E-state index contributed by atoms with van der Waals surface area (Å²) in [6.07, 6.45) is 5.28. The van der Waals surface area contributed by atoms with Crippen LogP contribution in [0.15, 0.2) is 79.1 Å². The molecule has 0 radical (unpaired) electrons. The zero-order valence-corrected chi connectivity index (χ0v) is 18.4. The summed E-state index contributed by atoms with van der Waals surface area (Å²) in [5.74, 6) is 0.166. The maximum atomic E-state index is 13.5. The quantitative estimate of drug-likeness (QED) is 0.610. The van der Waals surface area contributed by atoms with Crippen molar-refractivity contribution in [3.63, 3.8) is 0 Å². The zero-order chi connectivity index (χ0) is 21.7. The number of carbonyl (C=O) groups excluding carboxylic acids is 1. The minimum absolute atomic E-state index is 0.126. The summed E-state index contributed by atoms with van der Waals surface area (Å²) >= 11 is 0. The maximum Gasteiger partial charge on any atom is 0.228 e. The third kappa shape index (κ3) is 5.02. The average molecular weight is 414 g/mol. The Morgan fingerprint density at radius 3 is 2.58 bits per heavy atom. The normalized spacial score (nSPS) is 18.9. The summed E-state index contributed by atoms with van der Waals surface area (Å²) in [5, 5.41) is 3.21. The van der Waals surface area contributed by atoms with Crippen LogP contribution in [-0.2, 0) is 17.8 Å². The highest BCUT2D eigenvalue weighted by atomic mass is 16.2. The molecule has 4 heteroatoms. The first kappa shape index (κ1) is 21.3. The summed E-state index contributed by atoms with van der Waals surface area (Å²) in [5.41, 5.74) is 4.32. The highest BCUT2D eigenvalue weighted by Crippen LogP contribution is 2.38. The maximum absolute atomic E-state index is 13.5. The summed E-state index contributed by atoms with van der Waals surface area (Å²) in [4.78, 5) is 20.2. The van der Waals surface area contributed by atoms with Crippen molar-refractivity contribution in [1.82, 2.24) is 15.2 Å². The lowest BCUT2D eigenvalue weighted by atomic mass is 9.78. The minimum atomic E-state index is -0.433. The lowest BCUT2D eigenvalue weighted by molar-refractivity contribution is -0.131. The van der Waals surface area contributed by atoms with Gasteiger partial charge in [0.25, 0.3) is 0 Å². The second-order valence-electron chi connectivity index (χ2n) is 8.93. The van der Waals surface area contributed by atoms with Gasteiger partial charge < -0.3 is 5.32 Å². The molecule has 0 bridgehead atoms. The number of hydrogen-bond donors (Lipinski definition) is 1. The van der Waals surface area contributed by atoms with E-state index >= 15 is 0 Å². The molecular formula is C27H31N3O. The van der Waals surface area contributed by atoms with E-state index in [2.05, 4.69) is 69.8 Å². The molecule has 0 spiro atoms. The van der Waals surface area contributed by atoms with Gasteiger partial charge in [0.15, 0.2) is 0 Å². The highest BCUT2D eigenvalue weighted by Gasteiger charge is 2.45. The SMILES string of the molecule is CC(C)NC(=O)C1(Cc2ccccc2-c2cccnc2)CCN(Cc2ccccc2)C1. The van der Waals surface area contributed by atoms with Crippen molar-refractivity contribution in [3.8, 4) is 11.1 Å². The molecule has 3 aromatic rings. The molecule has 1 amide bonds. The number of aromatic nitrogens is 1. The molecule has 4 nitrogen and oxygen atoms in total. The van der Waals surface area contributed by atoms with Gasteiger partial charge in [0.2, 0.25) is 5.91 Å². The number of nitrogens with one attached hydrogen (secondary N) is 1. The molecule has 0 saturated carbocycles. The van der Waals surface area contributed by atoms with E-state index in [4.69, 9.17) is 0 Å². The largest absolute Gasteiger partial charge is 0.353 e. The number of carbonyl (C=O) groups is 1. The van der Waals surface area contributed by atoms with E-state index < -0.39 is 5.41 Å².